The van der Waals surface area contributed by atoms with E-state index in [0.29, 0.717) is 0 Å². The first-order valence-corrected chi connectivity index (χ1v) is 18.0. The predicted molar refractivity (Wildman–Crippen MR) is 195 cm³/mol. The Hall–Kier alpha value is -5.69. The van der Waals surface area contributed by atoms with Crippen molar-refractivity contribution in [3.8, 4) is 28.3 Å². The zero-order chi connectivity index (χ0) is 33.4. The molecule has 7 nitrogen and oxygen atoms in total. The number of fused-ring (bicyclic) bond motifs is 14. The van der Waals surface area contributed by atoms with E-state index in [1.807, 2.05) is 12.4 Å². The summed E-state index contributed by atoms with van der Waals surface area (Å²) >= 11 is 0. The van der Waals surface area contributed by atoms with Gasteiger partial charge in [0.15, 0.2) is 23.4 Å². The van der Waals surface area contributed by atoms with Crippen LogP contribution in [-0.2, 0) is 11.1 Å². The minimum Gasteiger partial charge on any atom is -0.309 e. The van der Waals surface area contributed by atoms with Crippen molar-refractivity contribution in [1.29, 1.82) is 0 Å². The van der Waals surface area contributed by atoms with Crippen LogP contribution in [0.4, 0.5) is 0 Å². The molecule has 0 spiro atoms. The summed E-state index contributed by atoms with van der Waals surface area (Å²) in [6.07, 6.45) is 8.86. The molecule has 0 N–H and O–H groups in total. The highest BCUT2D eigenvalue weighted by molar-refractivity contribution is 6.16. The second-order valence-electron chi connectivity index (χ2n) is 14.4. The van der Waals surface area contributed by atoms with Crippen molar-refractivity contribution in [1.82, 2.24) is 24.3 Å². The Morgan fingerprint density at radius 3 is 2.48 bits per heavy atom. The summed E-state index contributed by atoms with van der Waals surface area (Å²) in [5.74, 6) is 0.200. The van der Waals surface area contributed by atoms with Gasteiger partial charge in [-0.3, -0.25) is 0 Å². The molecule has 2 aliphatic heterocycles. The summed E-state index contributed by atoms with van der Waals surface area (Å²) in [5, 5.41) is 7.97. The first-order chi connectivity index (χ1) is 24.6. The van der Waals surface area contributed by atoms with Crippen LogP contribution in [0.5, 0.6) is 0 Å². The lowest BCUT2D eigenvalue weighted by atomic mass is 9.65. The molecule has 11 rings (SSSR count). The van der Waals surface area contributed by atoms with Gasteiger partial charge in [0, 0.05) is 47.0 Å². The molecule has 2 bridgehead atoms. The van der Waals surface area contributed by atoms with E-state index in [-0.39, 0.29) is 23.0 Å². The van der Waals surface area contributed by atoms with E-state index in [1.165, 1.54) is 55.7 Å². The number of nitrogens with zero attached hydrogens (tertiary/aromatic N) is 7. The first kappa shape index (κ1) is 28.2. The van der Waals surface area contributed by atoms with Gasteiger partial charge in [-0.1, -0.05) is 56.3 Å². The molecule has 1 saturated carbocycles. The number of benzene rings is 3. The van der Waals surface area contributed by atoms with Crippen LogP contribution >= 0.6 is 0 Å². The van der Waals surface area contributed by atoms with E-state index in [2.05, 4.69) is 148 Å². The Labute approximate surface area is 290 Å². The molecule has 3 aromatic carbocycles. The van der Waals surface area contributed by atoms with Crippen LogP contribution in [0, 0.1) is 6.92 Å². The molecular weight excluding hydrogens is 615 g/mol. The molecule has 0 radical (unpaired) electrons. The molecule has 50 heavy (non-hydrogen) atoms. The maximum Gasteiger partial charge on any atom is 0.349 e. The molecule has 5 aromatic heterocycles. The molecule has 7 heterocycles. The lowest BCUT2D eigenvalue weighted by Gasteiger charge is -2.49. The fourth-order valence-corrected chi connectivity index (χ4v) is 11.0. The highest BCUT2D eigenvalue weighted by atomic mass is 15.4. The Morgan fingerprint density at radius 1 is 0.800 bits per heavy atom. The number of aromatic nitrogens is 7. The molecule has 7 heteroatoms. The van der Waals surface area contributed by atoms with Crippen LogP contribution < -0.4 is 9.13 Å². The fraction of sp³-hybridized carbons (Fsp3) is 0.233. The molecule has 242 valence electrons. The number of aryl methyl sites for hydroxylation is 1. The number of pyridine rings is 2. The van der Waals surface area contributed by atoms with Crippen LogP contribution in [0.1, 0.15) is 56.3 Å². The van der Waals surface area contributed by atoms with Gasteiger partial charge < -0.3 is 4.57 Å². The van der Waals surface area contributed by atoms with Gasteiger partial charge in [-0.25, -0.2) is 14.2 Å². The normalized spacial score (nSPS) is 22.9. The molecule has 1 aliphatic carbocycles. The molecule has 0 saturated heterocycles. The van der Waals surface area contributed by atoms with E-state index in [1.54, 1.807) is 0 Å². The molecule has 1 fully saturated rings. The lowest BCUT2D eigenvalue weighted by Crippen LogP contribution is -2.75. The van der Waals surface area contributed by atoms with Crippen molar-refractivity contribution >= 4 is 33.0 Å². The van der Waals surface area contributed by atoms with Crippen molar-refractivity contribution in [2.24, 2.45) is 0 Å². The van der Waals surface area contributed by atoms with E-state index >= 15 is 0 Å². The van der Waals surface area contributed by atoms with Crippen molar-refractivity contribution < 1.29 is 9.13 Å². The summed E-state index contributed by atoms with van der Waals surface area (Å²) in [7, 11) is 0. The zero-order valence-corrected chi connectivity index (χ0v) is 28.5. The smallest absolute Gasteiger partial charge is 0.309 e. The number of hydrogen-bond acceptors (Lipinski definition) is 3. The van der Waals surface area contributed by atoms with Crippen LogP contribution in [-0.4, -0.2) is 24.3 Å². The molecule has 8 aromatic rings. The minimum atomic E-state index is -0.370. The SMILES string of the molecule is CCC12C3CC(c4ccc5c(c4-c4ccc6nccnc6[n+]43)c3ccccc3n5-c3ccccc3)C1(CC)[n+]1ccccc1-c1cc(C)nn12. The van der Waals surface area contributed by atoms with E-state index in [9.17, 15) is 0 Å². The van der Waals surface area contributed by atoms with Crippen molar-refractivity contribution in [3.05, 3.63) is 133 Å². The van der Waals surface area contributed by atoms with Gasteiger partial charge in [0.05, 0.1) is 28.8 Å². The summed E-state index contributed by atoms with van der Waals surface area (Å²) < 4.78 is 10.1. The third-order valence-electron chi connectivity index (χ3n) is 12.6. The van der Waals surface area contributed by atoms with Gasteiger partial charge in [0.2, 0.25) is 11.2 Å². The highest BCUT2D eigenvalue weighted by Gasteiger charge is 2.77. The molecule has 4 atom stereocenters. The number of para-hydroxylation sites is 2. The van der Waals surface area contributed by atoms with Gasteiger partial charge in [-0.05, 0) is 72.4 Å². The number of hydrogen-bond donors (Lipinski definition) is 0. The van der Waals surface area contributed by atoms with Crippen LogP contribution in [0.2, 0.25) is 0 Å². The Balaban J connectivity index is 1.36. The van der Waals surface area contributed by atoms with Crippen LogP contribution in [0.15, 0.2) is 122 Å². The summed E-state index contributed by atoms with van der Waals surface area (Å²) in [6.45, 7) is 6.92. The fourth-order valence-electron chi connectivity index (χ4n) is 11.0. The maximum atomic E-state index is 5.41. The Morgan fingerprint density at radius 2 is 1.62 bits per heavy atom. The predicted octanol–water partition coefficient (Wildman–Crippen LogP) is 8.11. The Kier molecular flexibility index (Phi) is 5.48. The highest BCUT2D eigenvalue weighted by Crippen LogP contribution is 2.66. The second kappa shape index (κ2) is 9.72. The van der Waals surface area contributed by atoms with Crippen molar-refractivity contribution in [2.75, 3.05) is 0 Å². The van der Waals surface area contributed by atoms with Gasteiger partial charge in [-0.15, -0.1) is 0 Å². The average molecular weight is 652 g/mol. The van der Waals surface area contributed by atoms with Gasteiger partial charge >= 0.3 is 5.65 Å². The number of rotatable bonds is 3. The third-order valence-corrected chi connectivity index (χ3v) is 12.6. The van der Waals surface area contributed by atoms with Crippen molar-refractivity contribution in [3.63, 3.8) is 0 Å². The monoisotopic (exact) mass is 651 g/mol. The van der Waals surface area contributed by atoms with E-state index in [0.717, 1.165) is 36.1 Å². The standard InChI is InChI=1S/C43H37N7/c1-4-42-31-26-38(43(42,5-2)50-37(25-27(3)46-50)34-17-11-12-24-47(34)42)49-36(21-19-32-41(49)45-23-22-44-32)39-29(31)18-20-35-40(39)30-15-9-10-16-33(30)48(35)28-13-7-6-8-14-28/h6-25,31,38H,4-5,26H2,1-3H3/q+2. The van der Waals surface area contributed by atoms with Gasteiger partial charge in [0.25, 0.3) is 0 Å². The zero-order valence-electron chi connectivity index (χ0n) is 28.5. The van der Waals surface area contributed by atoms with E-state index in [4.69, 9.17) is 15.1 Å². The van der Waals surface area contributed by atoms with Crippen molar-refractivity contribution in [2.45, 2.75) is 63.1 Å². The Bertz CT molecular complexity index is 2710. The van der Waals surface area contributed by atoms with Crippen LogP contribution in [0.25, 0.3) is 61.3 Å². The third kappa shape index (κ3) is 3.11. The quantitative estimate of drug-likeness (QED) is 0.182. The topological polar surface area (TPSA) is 56.3 Å². The van der Waals surface area contributed by atoms with Crippen LogP contribution in [0.3, 0.4) is 0 Å². The molecule has 3 aliphatic rings. The average Bonchev–Trinajstić information content (AvgIpc) is 3.79. The lowest BCUT2D eigenvalue weighted by molar-refractivity contribution is -0.788. The van der Waals surface area contributed by atoms with E-state index < -0.39 is 0 Å². The molecular formula is C43H37N7+2. The maximum absolute atomic E-state index is 5.41. The summed E-state index contributed by atoms with van der Waals surface area (Å²) in [6, 6.07) is 38.1. The molecule has 4 unspecified atom stereocenters. The first-order valence-electron chi connectivity index (χ1n) is 18.0. The largest absolute Gasteiger partial charge is 0.349 e. The summed E-state index contributed by atoms with van der Waals surface area (Å²) in [4.78, 5) is 10.0. The minimum absolute atomic E-state index is 0.0664. The van der Waals surface area contributed by atoms with Gasteiger partial charge in [0.1, 0.15) is 17.4 Å². The molecule has 0 amide bonds. The van der Waals surface area contributed by atoms with Gasteiger partial charge in [-0.2, -0.15) is 9.67 Å². The second-order valence-corrected chi connectivity index (χ2v) is 14.4. The summed E-state index contributed by atoms with van der Waals surface area (Å²) in [5.41, 5.74) is 12.2.